The number of carbonyl (C=O) groups excluding carboxylic acids is 3. The van der Waals surface area contributed by atoms with Gasteiger partial charge in [-0.15, -0.1) is 0 Å². The van der Waals surface area contributed by atoms with Gasteiger partial charge in [0.1, 0.15) is 11.6 Å². The molecule has 0 bridgehead atoms. The van der Waals surface area contributed by atoms with Crippen molar-refractivity contribution in [1.82, 2.24) is 24.7 Å². The minimum atomic E-state index is -0.918. The van der Waals surface area contributed by atoms with E-state index in [9.17, 15) is 19.2 Å². The van der Waals surface area contributed by atoms with Crippen molar-refractivity contribution < 1.29 is 18.8 Å². The van der Waals surface area contributed by atoms with Crippen LogP contribution in [0.2, 0.25) is 5.02 Å². The largest absolute Gasteiger partial charge is 0.451 e. The normalized spacial score (nSPS) is 15.5. The average molecular weight is 679 g/mol. The van der Waals surface area contributed by atoms with Crippen LogP contribution < -0.4 is 15.6 Å². The topological polar surface area (TPSA) is 121 Å². The fraction of sp³-hybridized carbons (Fsp3) is 0.270. The minimum absolute atomic E-state index is 0.181. The zero-order chi connectivity index (χ0) is 33.9. The lowest BCUT2D eigenvalue weighted by molar-refractivity contribution is -0.133. The number of halogens is 1. The molecule has 3 aromatic carbocycles. The van der Waals surface area contributed by atoms with Crippen LogP contribution in [0.25, 0.3) is 16.7 Å². The van der Waals surface area contributed by atoms with Crippen LogP contribution in [0.3, 0.4) is 0 Å². The predicted octanol–water partition coefficient (Wildman–Crippen LogP) is 4.44. The van der Waals surface area contributed by atoms with E-state index in [0.717, 1.165) is 41.5 Å². The van der Waals surface area contributed by atoms with Gasteiger partial charge in [0.05, 0.1) is 11.7 Å². The first kappa shape index (κ1) is 32.1. The Kier molecular flexibility index (Phi) is 9.17. The second-order valence-corrected chi connectivity index (χ2v) is 12.8. The van der Waals surface area contributed by atoms with Gasteiger partial charge in [0.15, 0.2) is 11.2 Å². The molecule has 1 atom stereocenters. The van der Waals surface area contributed by atoms with E-state index in [1.807, 2.05) is 29.2 Å². The molecule has 2 fully saturated rings. The second kappa shape index (κ2) is 14.0. The highest BCUT2D eigenvalue weighted by molar-refractivity contribution is 6.30. The van der Waals surface area contributed by atoms with Gasteiger partial charge in [0.25, 0.3) is 5.91 Å². The molecule has 1 unspecified atom stereocenters. The van der Waals surface area contributed by atoms with Gasteiger partial charge in [-0.05, 0) is 53.9 Å². The number of anilines is 1. The number of likely N-dealkylation sites (tertiary alicyclic amines) is 1. The van der Waals surface area contributed by atoms with Crippen LogP contribution in [0.15, 0.2) is 101 Å². The van der Waals surface area contributed by atoms with Crippen molar-refractivity contribution in [2.45, 2.75) is 31.8 Å². The van der Waals surface area contributed by atoms with Gasteiger partial charge in [-0.2, -0.15) is 0 Å². The van der Waals surface area contributed by atoms with Crippen LogP contribution in [0, 0.1) is 0 Å². The monoisotopic (exact) mass is 678 g/mol. The van der Waals surface area contributed by atoms with Crippen molar-refractivity contribution in [3.8, 4) is 5.69 Å². The first-order chi connectivity index (χ1) is 23.8. The number of nitrogens with one attached hydrogen (secondary N) is 1. The summed E-state index contributed by atoms with van der Waals surface area (Å²) >= 11 is 6.11. The summed E-state index contributed by atoms with van der Waals surface area (Å²) in [7, 11) is 0. The standard InChI is InChI=1S/C37H35ClN6O5/c38-27-9-7-25(8-10-27)20-30(40-36(47)34-22-32(45)29-21-28(11-12-33(29)49-34)44-15-13-39-24-44)37(48)42-18-16-41(17-19-42)31-5-2-1-4-26(31)23-43-14-3-6-35(43)46/h1-2,4-5,7-13,15,21-22,24,30H,3,6,14,16-20,23H2,(H,40,47). The first-order valence-corrected chi connectivity index (χ1v) is 16.7. The molecule has 2 aliphatic heterocycles. The lowest BCUT2D eigenvalue weighted by Crippen LogP contribution is -2.55. The molecule has 2 saturated heterocycles. The molecular weight excluding hydrogens is 644 g/mol. The minimum Gasteiger partial charge on any atom is -0.451 e. The van der Waals surface area contributed by atoms with Gasteiger partial charge in [-0.25, -0.2) is 4.98 Å². The van der Waals surface area contributed by atoms with E-state index in [2.05, 4.69) is 27.3 Å². The molecule has 0 spiro atoms. The van der Waals surface area contributed by atoms with Crippen molar-refractivity contribution in [1.29, 1.82) is 0 Å². The van der Waals surface area contributed by atoms with Crippen molar-refractivity contribution in [3.05, 3.63) is 124 Å². The number of aromatic nitrogens is 2. The van der Waals surface area contributed by atoms with E-state index >= 15 is 0 Å². The van der Waals surface area contributed by atoms with Gasteiger partial charge < -0.3 is 29.0 Å². The summed E-state index contributed by atoms with van der Waals surface area (Å²) < 4.78 is 7.65. The van der Waals surface area contributed by atoms with Crippen molar-refractivity contribution in [2.24, 2.45) is 0 Å². The Labute approximate surface area is 287 Å². The number of hydrogen-bond donors (Lipinski definition) is 1. The molecule has 11 nitrogen and oxygen atoms in total. The maximum absolute atomic E-state index is 14.1. The Morgan fingerprint density at radius 2 is 1.73 bits per heavy atom. The number of fused-ring (bicyclic) bond motifs is 1. The molecule has 5 aromatic rings. The molecule has 250 valence electrons. The SMILES string of the molecule is O=C(NC(Cc1ccc(Cl)cc1)C(=O)N1CCN(c2ccccc2CN2CCCC2=O)CC1)c1cc(=O)c2cc(-n3ccnc3)ccc2o1. The summed E-state index contributed by atoms with van der Waals surface area (Å²) in [5, 5.41) is 3.74. The van der Waals surface area contributed by atoms with E-state index in [1.54, 1.807) is 58.5 Å². The molecule has 4 heterocycles. The molecule has 0 radical (unpaired) electrons. The molecule has 0 saturated carbocycles. The molecule has 49 heavy (non-hydrogen) atoms. The third-order valence-corrected chi connectivity index (χ3v) is 9.40. The van der Waals surface area contributed by atoms with E-state index in [-0.39, 0.29) is 35.0 Å². The quantitative estimate of drug-likeness (QED) is 0.245. The number of rotatable bonds is 9. The number of carbonyl (C=O) groups is 3. The van der Waals surface area contributed by atoms with E-state index in [0.29, 0.717) is 49.6 Å². The average Bonchev–Trinajstić information content (AvgIpc) is 3.81. The van der Waals surface area contributed by atoms with Crippen LogP contribution in [0.4, 0.5) is 5.69 Å². The zero-order valence-corrected chi connectivity index (χ0v) is 27.5. The molecule has 3 amide bonds. The van der Waals surface area contributed by atoms with Crippen LogP contribution in [-0.4, -0.2) is 75.8 Å². The number of amides is 3. The van der Waals surface area contributed by atoms with Gasteiger partial charge in [-0.3, -0.25) is 19.2 Å². The number of benzene rings is 3. The zero-order valence-electron chi connectivity index (χ0n) is 26.8. The van der Waals surface area contributed by atoms with E-state index in [4.69, 9.17) is 16.0 Å². The molecule has 12 heteroatoms. The maximum Gasteiger partial charge on any atom is 0.287 e. The third-order valence-electron chi connectivity index (χ3n) is 9.15. The summed E-state index contributed by atoms with van der Waals surface area (Å²) in [6.07, 6.45) is 6.73. The van der Waals surface area contributed by atoms with Gasteiger partial charge in [0, 0.05) is 87.0 Å². The smallest absolute Gasteiger partial charge is 0.287 e. The highest BCUT2D eigenvalue weighted by atomic mass is 35.5. The highest BCUT2D eigenvalue weighted by Crippen LogP contribution is 2.26. The van der Waals surface area contributed by atoms with E-state index < -0.39 is 11.9 Å². The first-order valence-electron chi connectivity index (χ1n) is 16.3. The second-order valence-electron chi connectivity index (χ2n) is 12.3. The molecule has 7 rings (SSSR count). The number of para-hydroxylation sites is 1. The third kappa shape index (κ3) is 7.07. The summed E-state index contributed by atoms with van der Waals surface area (Å²) in [6, 6.07) is 20.6. The molecule has 0 aliphatic carbocycles. The van der Waals surface area contributed by atoms with Crippen molar-refractivity contribution >= 4 is 46.0 Å². The Morgan fingerprint density at radius 3 is 2.47 bits per heavy atom. The van der Waals surface area contributed by atoms with Crippen molar-refractivity contribution in [2.75, 3.05) is 37.6 Å². The lowest BCUT2D eigenvalue weighted by atomic mass is 10.0. The van der Waals surface area contributed by atoms with Crippen LogP contribution >= 0.6 is 11.6 Å². The van der Waals surface area contributed by atoms with Gasteiger partial charge in [-0.1, -0.05) is 41.9 Å². The Morgan fingerprint density at radius 1 is 0.939 bits per heavy atom. The number of imidazole rings is 1. The summed E-state index contributed by atoms with van der Waals surface area (Å²) in [4.78, 5) is 63.0. The predicted molar refractivity (Wildman–Crippen MR) is 186 cm³/mol. The fourth-order valence-corrected chi connectivity index (χ4v) is 6.66. The van der Waals surface area contributed by atoms with Crippen LogP contribution in [0.5, 0.6) is 0 Å². The molecule has 2 aromatic heterocycles. The summed E-state index contributed by atoms with van der Waals surface area (Å²) in [5.74, 6) is -0.887. The Hall–Kier alpha value is -5.42. The highest BCUT2D eigenvalue weighted by Gasteiger charge is 2.31. The fourth-order valence-electron chi connectivity index (χ4n) is 6.53. The Bertz CT molecular complexity index is 2050. The summed E-state index contributed by atoms with van der Waals surface area (Å²) in [5.41, 5.74) is 3.57. The summed E-state index contributed by atoms with van der Waals surface area (Å²) in [6.45, 7) is 3.43. The Balaban J connectivity index is 1.08. The number of nitrogens with zero attached hydrogens (tertiary/aromatic N) is 5. The molecule has 2 aliphatic rings. The van der Waals surface area contributed by atoms with Gasteiger partial charge in [0.2, 0.25) is 11.8 Å². The lowest BCUT2D eigenvalue weighted by Gasteiger charge is -2.38. The van der Waals surface area contributed by atoms with E-state index in [1.165, 1.54) is 0 Å². The molecular formula is C37H35ClN6O5. The number of hydrogen-bond acceptors (Lipinski definition) is 7. The number of piperazine rings is 1. The van der Waals surface area contributed by atoms with Crippen LogP contribution in [-0.2, 0) is 22.6 Å². The van der Waals surface area contributed by atoms with Crippen LogP contribution in [0.1, 0.15) is 34.5 Å². The van der Waals surface area contributed by atoms with Gasteiger partial charge >= 0.3 is 0 Å². The van der Waals surface area contributed by atoms with Crippen molar-refractivity contribution in [3.63, 3.8) is 0 Å². The molecule has 1 N–H and O–H groups in total. The maximum atomic E-state index is 14.1.